The summed E-state index contributed by atoms with van der Waals surface area (Å²) in [5, 5.41) is 8.14. The molecule has 0 unspecified atom stereocenters. The van der Waals surface area contributed by atoms with E-state index in [1.165, 1.54) is 0 Å². The van der Waals surface area contributed by atoms with E-state index in [0.717, 1.165) is 54.5 Å². The molecule has 0 radical (unpaired) electrons. The van der Waals surface area contributed by atoms with Gasteiger partial charge in [0.2, 0.25) is 0 Å². The predicted octanol–water partition coefficient (Wildman–Crippen LogP) is 2.47. The summed E-state index contributed by atoms with van der Waals surface area (Å²) in [5.41, 5.74) is 3.76. The number of halogens is 1. The number of aromatic nitrogens is 3. The zero-order valence-corrected chi connectivity index (χ0v) is 14.1. The molecule has 1 fully saturated rings. The Bertz CT molecular complexity index is 873. The summed E-state index contributed by atoms with van der Waals surface area (Å²) >= 11 is 6.02. The van der Waals surface area contributed by atoms with Crippen LogP contribution in [0.1, 0.15) is 0 Å². The zero-order chi connectivity index (χ0) is 16.5. The van der Waals surface area contributed by atoms with E-state index in [4.69, 9.17) is 16.3 Å². The van der Waals surface area contributed by atoms with E-state index in [1.807, 2.05) is 12.1 Å². The van der Waals surface area contributed by atoms with Crippen molar-refractivity contribution in [1.29, 1.82) is 0 Å². The number of nitrogens with one attached hydrogen (secondary N) is 1. The Kier molecular flexibility index (Phi) is 4.00. The van der Waals surface area contributed by atoms with E-state index in [2.05, 4.69) is 32.4 Å². The Hall–Kier alpha value is -2.31. The Morgan fingerprint density at radius 3 is 2.79 bits per heavy atom. The van der Waals surface area contributed by atoms with Crippen LogP contribution in [0.25, 0.3) is 16.9 Å². The van der Waals surface area contributed by atoms with Gasteiger partial charge in [0, 0.05) is 31.7 Å². The van der Waals surface area contributed by atoms with E-state index in [-0.39, 0.29) is 0 Å². The Balaban J connectivity index is 1.76. The number of ether oxygens (including phenoxy) is 1. The van der Waals surface area contributed by atoms with Gasteiger partial charge in [-0.05, 0) is 24.3 Å². The van der Waals surface area contributed by atoms with Gasteiger partial charge in [-0.2, -0.15) is 5.10 Å². The molecular formula is C17H18ClN5O. The van der Waals surface area contributed by atoms with Gasteiger partial charge in [0.1, 0.15) is 10.9 Å². The highest BCUT2D eigenvalue weighted by molar-refractivity contribution is 6.29. The van der Waals surface area contributed by atoms with Crippen molar-refractivity contribution in [3.8, 4) is 17.0 Å². The van der Waals surface area contributed by atoms with Gasteiger partial charge >= 0.3 is 0 Å². The number of anilines is 1. The molecule has 0 saturated carbocycles. The highest BCUT2D eigenvalue weighted by atomic mass is 35.5. The van der Waals surface area contributed by atoms with Crippen LogP contribution in [-0.4, -0.2) is 47.9 Å². The molecule has 3 aromatic rings. The van der Waals surface area contributed by atoms with Crippen molar-refractivity contribution in [3.63, 3.8) is 0 Å². The number of methoxy groups -OCH3 is 1. The molecule has 1 saturated heterocycles. The number of imidazole rings is 1. The minimum Gasteiger partial charge on any atom is -0.495 e. The molecule has 6 nitrogen and oxygen atoms in total. The number of hydrogen-bond donors (Lipinski definition) is 1. The molecule has 0 bridgehead atoms. The van der Waals surface area contributed by atoms with Crippen molar-refractivity contribution < 1.29 is 4.74 Å². The highest BCUT2D eigenvalue weighted by Crippen LogP contribution is 2.33. The Morgan fingerprint density at radius 1 is 1.17 bits per heavy atom. The van der Waals surface area contributed by atoms with Crippen molar-refractivity contribution in [1.82, 2.24) is 19.9 Å². The second kappa shape index (κ2) is 6.30. The molecule has 4 rings (SSSR count). The SMILES string of the molecule is COc1cc(-c2cnc3ccc(Cl)nn23)ccc1N1CCNCC1. The maximum Gasteiger partial charge on any atom is 0.154 e. The van der Waals surface area contributed by atoms with Crippen LogP contribution in [0.5, 0.6) is 5.75 Å². The molecule has 3 heterocycles. The van der Waals surface area contributed by atoms with Crippen LogP contribution in [0, 0.1) is 0 Å². The lowest BCUT2D eigenvalue weighted by Crippen LogP contribution is -2.43. The normalized spacial score (nSPS) is 15.0. The van der Waals surface area contributed by atoms with Crippen LogP contribution in [0.4, 0.5) is 5.69 Å². The fraction of sp³-hybridized carbons (Fsp3) is 0.294. The van der Waals surface area contributed by atoms with Crippen LogP contribution in [0.2, 0.25) is 5.15 Å². The van der Waals surface area contributed by atoms with Gasteiger partial charge in [-0.3, -0.25) is 0 Å². The van der Waals surface area contributed by atoms with Gasteiger partial charge in [0.15, 0.2) is 5.65 Å². The lowest BCUT2D eigenvalue weighted by atomic mass is 10.1. The second-order valence-electron chi connectivity index (χ2n) is 5.69. The van der Waals surface area contributed by atoms with Crippen LogP contribution in [0.15, 0.2) is 36.5 Å². The molecule has 0 spiro atoms. The number of rotatable bonds is 3. The number of hydrogen-bond acceptors (Lipinski definition) is 5. The first-order valence-corrected chi connectivity index (χ1v) is 8.28. The molecule has 1 aliphatic rings. The molecule has 0 aliphatic carbocycles. The topological polar surface area (TPSA) is 54.7 Å². The maximum atomic E-state index is 6.02. The Morgan fingerprint density at radius 2 is 2.00 bits per heavy atom. The van der Waals surface area contributed by atoms with Gasteiger partial charge in [-0.1, -0.05) is 17.7 Å². The summed E-state index contributed by atoms with van der Waals surface area (Å²) < 4.78 is 7.39. The lowest BCUT2D eigenvalue weighted by Gasteiger charge is -2.30. The molecule has 1 N–H and O–H groups in total. The van der Waals surface area contributed by atoms with E-state index < -0.39 is 0 Å². The zero-order valence-electron chi connectivity index (χ0n) is 13.4. The van der Waals surface area contributed by atoms with E-state index in [0.29, 0.717) is 5.15 Å². The predicted molar refractivity (Wildman–Crippen MR) is 95.1 cm³/mol. The summed E-state index contributed by atoms with van der Waals surface area (Å²) in [5.74, 6) is 0.853. The van der Waals surface area contributed by atoms with Gasteiger partial charge in [-0.25, -0.2) is 9.50 Å². The van der Waals surface area contributed by atoms with Crippen molar-refractivity contribution in [3.05, 3.63) is 41.7 Å². The minimum absolute atomic E-state index is 0.436. The fourth-order valence-electron chi connectivity index (χ4n) is 3.05. The third kappa shape index (κ3) is 2.68. The Labute approximate surface area is 145 Å². The van der Waals surface area contributed by atoms with Crippen molar-refractivity contribution in [2.24, 2.45) is 0 Å². The van der Waals surface area contributed by atoms with Gasteiger partial charge < -0.3 is 15.0 Å². The maximum absolute atomic E-state index is 6.02. The smallest absolute Gasteiger partial charge is 0.154 e. The highest BCUT2D eigenvalue weighted by Gasteiger charge is 2.17. The number of fused-ring (bicyclic) bond motifs is 1. The van der Waals surface area contributed by atoms with Crippen molar-refractivity contribution in [2.75, 3.05) is 38.2 Å². The number of benzene rings is 1. The molecule has 124 valence electrons. The van der Waals surface area contributed by atoms with Gasteiger partial charge in [-0.15, -0.1) is 0 Å². The summed E-state index contributed by atoms with van der Waals surface area (Å²) in [6.07, 6.45) is 1.80. The molecule has 24 heavy (non-hydrogen) atoms. The van der Waals surface area contributed by atoms with Crippen molar-refractivity contribution in [2.45, 2.75) is 0 Å². The van der Waals surface area contributed by atoms with E-state index in [9.17, 15) is 0 Å². The molecule has 1 aromatic carbocycles. The minimum atomic E-state index is 0.436. The molecule has 2 aromatic heterocycles. The lowest BCUT2D eigenvalue weighted by molar-refractivity contribution is 0.413. The standard InChI is InChI=1S/C17H18ClN5O/c1-24-15-10-12(2-3-13(15)22-8-6-19-7-9-22)14-11-20-17-5-4-16(18)21-23(14)17/h2-5,10-11,19H,6-9H2,1H3. The van der Waals surface area contributed by atoms with Crippen LogP contribution in [0.3, 0.4) is 0 Å². The van der Waals surface area contributed by atoms with Crippen molar-refractivity contribution >= 4 is 22.9 Å². The first kappa shape index (κ1) is 15.2. The summed E-state index contributed by atoms with van der Waals surface area (Å²) in [7, 11) is 1.70. The third-order valence-electron chi connectivity index (χ3n) is 4.26. The molecule has 0 atom stereocenters. The fourth-order valence-corrected chi connectivity index (χ4v) is 3.19. The summed E-state index contributed by atoms with van der Waals surface area (Å²) in [6.45, 7) is 3.92. The van der Waals surface area contributed by atoms with E-state index >= 15 is 0 Å². The van der Waals surface area contributed by atoms with E-state index in [1.54, 1.807) is 23.9 Å². The molecular weight excluding hydrogens is 326 g/mol. The number of nitrogens with zero attached hydrogens (tertiary/aromatic N) is 4. The van der Waals surface area contributed by atoms with Gasteiger partial charge in [0.25, 0.3) is 0 Å². The quantitative estimate of drug-likeness (QED) is 0.791. The van der Waals surface area contributed by atoms with Crippen LogP contribution >= 0.6 is 11.6 Å². The second-order valence-corrected chi connectivity index (χ2v) is 6.08. The molecule has 0 amide bonds. The largest absolute Gasteiger partial charge is 0.495 e. The average molecular weight is 344 g/mol. The third-order valence-corrected chi connectivity index (χ3v) is 4.46. The molecule has 1 aliphatic heterocycles. The van der Waals surface area contributed by atoms with Gasteiger partial charge in [0.05, 0.1) is 24.7 Å². The van der Waals surface area contributed by atoms with Crippen LogP contribution in [-0.2, 0) is 0 Å². The number of piperazine rings is 1. The van der Waals surface area contributed by atoms with Crippen LogP contribution < -0.4 is 15.0 Å². The monoisotopic (exact) mass is 343 g/mol. The first-order valence-electron chi connectivity index (χ1n) is 7.90. The summed E-state index contributed by atoms with van der Waals surface area (Å²) in [4.78, 5) is 6.72. The summed E-state index contributed by atoms with van der Waals surface area (Å²) in [6, 6.07) is 9.80. The average Bonchev–Trinajstić information content (AvgIpc) is 3.05. The molecule has 7 heteroatoms. The first-order chi connectivity index (χ1) is 11.8.